The van der Waals surface area contributed by atoms with Gasteiger partial charge in [-0.2, -0.15) is 0 Å². The minimum atomic E-state index is -3.51. The number of carbonyl (C=O) groups excluding carboxylic acids is 1. The first-order valence-corrected chi connectivity index (χ1v) is 9.29. The lowest BCUT2D eigenvalue weighted by Gasteiger charge is -2.04. The highest BCUT2D eigenvalue weighted by atomic mass is 32.2. The number of sulfonamides is 1. The third-order valence-electron chi connectivity index (χ3n) is 2.97. The van der Waals surface area contributed by atoms with Crippen LogP contribution in [0.4, 0.5) is 5.13 Å². The number of nitrogens with zero attached hydrogens (tertiary/aromatic N) is 2. The van der Waals surface area contributed by atoms with Gasteiger partial charge >= 0.3 is 0 Å². The molecule has 0 aliphatic heterocycles. The second kappa shape index (κ2) is 7.16. The summed E-state index contributed by atoms with van der Waals surface area (Å²) in [6.07, 6.45) is 0.810. The molecule has 2 N–H and O–H groups in total. The van der Waals surface area contributed by atoms with Crippen LogP contribution in [0.3, 0.4) is 0 Å². The molecule has 0 bridgehead atoms. The predicted molar refractivity (Wildman–Crippen MR) is 89.1 cm³/mol. The van der Waals surface area contributed by atoms with E-state index in [0.29, 0.717) is 16.6 Å². The Kier molecular flexibility index (Phi) is 5.45. The van der Waals surface area contributed by atoms with Gasteiger partial charge in [0.25, 0.3) is 5.91 Å². The monoisotopic (exact) mass is 354 g/mol. The van der Waals surface area contributed by atoms with Gasteiger partial charge < -0.3 is 0 Å². The summed E-state index contributed by atoms with van der Waals surface area (Å²) < 4.78 is 25.5. The van der Waals surface area contributed by atoms with Crippen molar-refractivity contribution in [2.45, 2.75) is 25.2 Å². The summed E-state index contributed by atoms with van der Waals surface area (Å²) in [5, 5.41) is 11.9. The second-order valence-electron chi connectivity index (χ2n) is 5.28. The molecule has 1 aromatic heterocycles. The van der Waals surface area contributed by atoms with Crippen molar-refractivity contribution in [1.29, 1.82) is 0 Å². The van der Waals surface area contributed by atoms with E-state index in [1.165, 1.54) is 42.6 Å². The fourth-order valence-corrected chi connectivity index (χ4v) is 3.49. The van der Waals surface area contributed by atoms with Crippen LogP contribution in [0, 0.1) is 5.92 Å². The van der Waals surface area contributed by atoms with Crippen molar-refractivity contribution in [3.05, 3.63) is 34.8 Å². The van der Waals surface area contributed by atoms with Crippen LogP contribution in [0.25, 0.3) is 0 Å². The molecular formula is C14H18N4O3S2. The number of aromatic nitrogens is 2. The molecule has 1 heterocycles. The second-order valence-corrected chi connectivity index (χ2v) is 8.23. The Balaban J connectivity index is 2.07. The van der Waals surface area contributed by atoms with Gasteiger partial charge in [-0.1, -0.05) is 25.2 Å². The number of hydrogen-bond acceptors (Lipinski definition) is 6. The third kappa shape index (κ3) is 4.57. The SMILES string of the molecule is CNS(=O)(=O)c1ccc(C(=O)Nc2nnc(CC(C)C)s2)cc1. The van der Waals surface area contributed by atoms with Gasteiger partial charge in [0.15, 0.2) is 0 Å². The smallest absolute Gasteiger partial charge is 0.257 e. The van der Waals surface area contributed by atoms with Crippen LogP contribution in [0.5, 0.6) is 0 Å². The zero-order valence-electron chi connectivity index (χ0n) is 13.0. The van der Waals surface area contributed by atoms with E-state index >= 15 is 0 Å². The van der Waals surface area contributed by atoms with E-state index in [9.17, 15) is 13.2 Å². The first-order chi connectivity index (χ1) is 10.8. The van der Waals surface area contributed by atoms with Gasteiger partial charge in [-0.3, -0.25) is 10.1 Å². The quantitative estimate of drug-likeness (QED) is 0.825. The summed E-state index contributed by atoms with van der Waals surface area (Å²) >= 11 is 1.34. The van der Waals surface area contributed by atoms with Crippen molar-refractivity contribution in [3.8, 4) is 0 Å². The molecular weight excluding hydrogens is 336 g/mol. The van der Waals surface area contributed by atoms with Gasteiger partial charge in [0.1, 0.15) is 5.01 Å². The summed E-state index contributed by atoms with van der Waals surface area (Å²) in [6.45, 7) is 4.17. The summed E-state index contributed by atoms with van der Waals surface area (Å²) in [5.74, 6) is 0.110. The van der Waals surface area contributed by atoms with Gasteiger partial charge in [0.2, 0.25) is 15.2 Å². The molecule has 23 heavy (non-hydrogen) atoms. The van der Waals surface area contributed by atoms with Crippen molar-refractivity contribution in [3.63, 3.8) is 0 Å². The summed E-state index contributed by atoms with van der Waals surface area (Å²) in [4.78, 5) is 12.2. The van der Waals surface area contributed by atoms with Crippen LogP contribution in [0.15, 0.2) is 29.2 Å². The summed E-state index contributed by atoms with van der Waals surface area (Å²) in [6, 6.07) is 5.67. The fourth-order valence-electron chi connectivity index (χ4n) is 1.81. The molecule has 0 aliphatic rings. The minimum absolute atomic E-state index is 0.103. The maximum atomic E-state index is 12.1. The molecule has 7 nitrogen and oxygen atoms in total. The van der Waals surface area contributed by atoms with Crippen LogP contribution in [0.2, 0.25) is 0 Å². The molecule has 0 fully saturated rings. The molecule has 0 unspecified atom stereocenters. The maximum absolute atomic E-state index is 12.1. The van der Waals surface area contributed by atoms with Crippen LogP contribution in [-0.4, -0.2) is 31.6 Å². The number of rotatable bonds is 6. The number of hydrogen-bond donors (Lipinski definition) is 2. The largest absolute Gasteiger partial charge is 0.296 e. The van der Waals surface area contributed by atoms with E-state index in [0.717, 1.165) is 11.4 Å². The Hall–Kier alpha value is -1.84. The zero-order valence-corrected chi connectivity index (χ0v) is 14.7. The van der Waals surface area contributed by atoms with E-state index in [4.69, 9.17) is 0 Å². The van der Waals surface area contributed by atoms with E-state index in [1.807, 2.05) is 0 Å². The zero-order chi connectivity index (χ0) is 17.0. The van der Waals surface area contributed by atoms with Crippen molar-refractivity contribution in [2.24, 2.45) is 5.92 Å². The number of amides is 1. The first kappa shape index (κ1) is 17.5. The van der Waals surface area contributed by atoms with Crippen LogP contribution in [-0.2, 0) is 16.4 Å². The van der Waals surface area contributed by atoms with Crippen LogP contribution in [0.1, 0.15) is 29.2 Å². The number of anilines is 1. The van der Waals surface area contributed by atoms with Crippen LogP contribution < -0.4 is 10.0 Å². The summed E-state index contributed by atoms with van der Waals surface area (Å²) in [7, 11) is -2.18. The Labute approximate surface area is 139 Å². The van der Waals surface area contributed by atoms with Crippen molar-refractivity contribution in [2.75, 3.05) is 12.4 Å². The molecule has 0 spiro atoms. The van der Waals surface area contributed by atoms with Crippen molar-refractivity contribution < 1.29 is 13.2 Å². The van der Waals surface area contributed by atoms with E-state index < -0.39 is 10.0 Å². The molecule has 1 amide bonds. The topological polar surface area (TPSA) is 101 Å². The lowest BCUT2D eigenvalue weighted by atomic mass is 10.1. The highest BCUT2D eigenvalue weighted by molar-refractivity contribution is 7.89. The molecule has 124 valence electrons. The Bertz CT molecular complexity index is 783. The minimum Gasteiger partial charge on any atom is -0.296 e. The van der Waals surface area contributed by atoms with Gasteiger partial charge in [0, 0.05) is 12.0 Å². The maximum Gasteiger partial charge on any atom is 0.257 e. The third-order valence-corrected chi connectivity index (χ3v) is 5.26. The normalized spacial score (nSPS) is 11.7. The van der Waals surface area contributed by atoms with Crippen molar-refractivity contribution >= 4 is 32.4 Å². The predicted octanol–water partition coefficient (Wildman–Crippen LogP) is 1.90. The van der Waals surface area contributed by atoms with E-state index in [2.05, 4.69) is 34.1 Å². The van der Waals surface area contributed by atoms with Crippen molar-refractivity contribution in [1.82, 2.24) is 14.9 Å². The molecule has 0 saturated heterocycles. The van der Waals surface area contributed by atoms with Gasteiger partial charge in [-0.05, 0) is 37.2 Å². The van der Waals surface area contributed by atoms with Gasteiger partial charge in [-0.15, -0.1) is 10.2 Å². The molecule has 9 heteroatoms. The first-order valence-electron chi connectivity index (χ1n) is 6.99. The Morgan fingerprint density at radius 2 is 1.87 bits per heavy atom. The average molecular weight is 354 g/mol. The molecule has 2 aromatic rings. The Morgan fingerprint density at radius 1 is 1.22 bits per heavy atom. The number of nitrogens with one attached hydrogen (secondary N) is 2. The van der Waals surface area contributed by atoms with E-state index in [-0.39, 0.29) is 10.8 Å². The standard InChI is InChI=1S/C14H18N4O3S2/c1-9(2)8-12-17-18-14(22-12)16-13(19)10-4-6-11(7-5-10)23(20,21)15-3/h4-7,9,15H,8H2,1-3H3,(H,16,18,19). The highest BCUT2D eigenvalue weighted by Crippen LogP contribution is 2.19. The molecule has 1 aromatic carbocycles. The van der Waals surface area contributed by atoms with Gasteiger partial charge in [0.05, 0.1) is 4.90 Å². The Morgan fingerprint density at radius 3 is 2.43 bits per heavy atom. The number of benzene rings is 1. The number of carbonyl (C=O) groups is 1. The molecule has 0 atom stereocenters. The molecule has 0 radical (unpaired) electrons. The lowest BCUT2D eigenvalue weighted by molar-refractivity contribution is 0.102. The van der Waals surface area contributed by atoms with Crippen LogP contribution >= 0.6 is 11.3 Å². The molecule has 2 rings (SSSR count). The fraction of sp³-hybridized carbons (Fsp3) is 0.357. The molecule has 0 aliphatic carbocycles. The lowest BCUT2D eigenvalue weighted by Crippen LogP contribution is -2.19. The van der Waals surface area contributed by atoms with Gasteiger partial charge in [-0.25, -0.2) is 13.1 Å². The highest BCUT2D eigenvalue weighted by Gasteiger charge is 2.14. The van der Waals surface area contributed by atoms with E-state index in [1.54, 1.807) is 0 Å². The average Bonchev–Trinajstić information content (AvgIpc) is 2.93. The molecule has 0 saturated carbocycles. The summed E-state index contributed by atoms with van der Waals surface area (Å²) in [5.41, 5.74) is 0.348.